The minimum absolute atomic E-state index is 0. The largest absolute Gasteiger partial charge is 1.00 e. The van der Waals surface area contributed by atoms with Crippen LogP contribution in [0.4, 0.5) is 0 Å². The van der Waals surface area contributed by atoms with Crippen LogP contribution in [0.3, 0.4) is 0 Å². The van der Waals surface area contributed by atoms with E-state index in [1.807, 2.05) is 62.4 Å². The van der Waals surface area contributed by atoms with Gasteiger partial charge in [-0.1, -0.05) is 36.4 Å². The summed E-state index contributed by atoms with van der Waals surface area (Å²) >= 11 is 0. The molecule has 0 aliphatic carbocycles. The standard InChI is InChI=1S/2C10H9NO.Na.H/c2*1-7-5-6-8-3-2-4-9(12)10(8)11-7;;/h2*2-6,12H,1H3;;/q;;+1;-1. The zero-order valence-corrected chi connectivity index (χ0v) is 16.6. The molecule has 2 aromatic heterocycles. The molecule has 4 aromatic rings. The molecule has 0 fully saturated rings. The summed E-state index contributed by atoms with van der Waals surface area (Å²) < 4.78 is 0. The van der Waals surface area contributed by atoms with Gasteiger partial charge in [-0.15, -0.1) is 0 Å². The Balaban J connectivity index is 0.000000241. The van der Waals surface area contributed by atoms with Crippen LogP contribution in [0.2, 0.25) is 0 Å². The first-order valence-corrected chi connectivity index (χ1v) is 7.65. The summed E-state index contributed by atoms with van der Waals surface area (Å²) in [6.07, 6.45) is 0. The summed E-state index contributed by atoms with van der Waals surface area (Å²) in [4.78, 5) is 8.45. The Morgan fingerprint density at radius 3 is 1.44 bits per heavy atom. The second-order valence-electron chi connectivity index (χ2n) is 5.60. The normalized spacial score (nSPS) is 10.0. The number of benzene rings is 2. The SMILES string of the molecule is Cc1ccc2cccc(O)c2n1.Cc1ccc2cccc(O)c2n1.[H-].[Na+]. The third-order valence-corrected chi connectivity index (χ3v) is 3.68. The van der Waals surface area contributed by atoms with E-state index < -0.39 is 0 Å². The van der Waals surface area contributed by atoms with Crippen LogP contribution in [0.25, 0.3) is 21.8 Å². The van der Waals surface area contributed by atoms with E-state index in [-0.39, 0.29) is 42.5 Å². The first-order valence-electron chi connectivity index (χ1n) is 7.65. The van der Waals surface area contributed by atoms with Crippen molar-refractivity contribution in [3.63, 3.8) is 0 Å². The van der Waals surface area contributed by atoms with Crippen molar-refractivity contribution in [3.8, 4) is 11.5 Å². The molecule has 2 aromatic carbocycles. The Bertz CT molecular complexity index is 942. The molecule has 2 N–H and O–H groups in total. The van der Waals surface area contributed by atoms with Gasteiger partial charge in [0.1, 0.15) is 22.5 Å². The van der Waals surface area contributed by atoms with E-state index in [0.717, 1.165) is 22.2 Å². The van der Waals surface area contributed by atoms with Crippen LogP contribution >= 0.6 is 0 Å². The van der Waals surface area contributed by atoms with E-state index in [2.05, 4.69) is 9.97 Å². The van der Waals surface area contributed by atoms with E-state index >= 15 is 0 Å². The van der Waals surface area contributed by atoms with Crippen LogP contribution in [-0.2, 0) is 0 Å². The number of aromatic nitrogens is 2. The maximum absolute atomic E-state index is 9.43. The van der Waals surface area contributed by atoms with Gasteiger partial charge in [-0.25, -0.2) is 9.97 Å². The first-order chi connectivity index (χ1) is 11.5. The molecule has 0 radical (unpaired) electrons. The molecule has 0 spiro atoms. The van der Waals surface area contributed by atoms with Crippen molar-refractivity contribution in [3.05, 3.63) is 72.1 Å². The maximum Gasteiger partial charge on any atom is 1.00 e. The number of phenolic OH excluding ortho intramolecular Hbond substituents is 2. The van der Waals surface area contributed by atoms with Gasteiger partial charge >= 0.3 is 29.6 Å². The van der Waals surface area contributed by atoms with Crippen molar-refractivity contribution in [2.24, 2.45) is 0 Å². The second-order valence-corrected chi connectivity index (χ2v) is 5.60. The summed E-state index contributed by atoms with van der Waals surface area (Å²) in [7, 11) is 0. The molecule has 25 heavy (non-hydrogen) atoms. The van der Waals surface area contributed by atoms with Crippen molar-refractivity contribution >= 4 is 21.8 Å². The predicted molar refractivity (Wildman–Crippen MR) is 97.4 cm³/mol. The fourth-order valence-corrected chi connectivity index (χ4v) is 2.46. The van der Waals surface area contributed by atoms with Gasteiger partial charge in [0.2, 0.25) is 0 Å². The molecule has 0 saturated heterocycles. The maximum atomic E-state index is 9.43. The average molecular weight is 342 g/mol. The topological polar surface area (TPSA) is 66.2 Å². The number of aromatic hydroxyl groups is 2. The first kappa shape index (κ1) is 19.2. The molecule has 2 heterocycles. The minimum Gasteiger partial charge on any atom is -1.00 e. The van der Waals surface area contributed by atoms with Crippen LogP contribution in [0.5, 0.6) is 11.5 Å². The van der Waals surface area contributed by atoms with E-state index in [1.54, 1.807) is 12.1 Å². The van der Waals surface area contributed by atoms with Crippen molar-refractivity contribution in [2.75, 3.05) is 0 Å². The number of pyridine rings is 2. The summed E-state index contributed by atoms with van der Waals surface area (Å²) in [5.74, 6) is 0.493. The van der Waals surface area contributed by atoms with Crippen LogP contribution in [0, 0.1) is 13.8 Å². The molecule has 5 heteroatoms. The zero-order valence-electron chi connectivity index (χ0n) is 15.6. The molecule has 0 amide bonds. The predicted octanol–water partition coefficient (Wildman–Crippen LogP) is 1.61. The summed E-state index contributed by atoms with van der Waals surface area (Å²) in [6, 6.07) is 18.6. The number of phenols is 2. The van der Waals surface area contributed by atoms with E-state index in [0.29, 0.717) is 11.0 Å². The van der Waals surface area contributed by atoms with Gasteiger partial charge in [0, 0.05) is 22.2 Å². The van der Waals surface area contributed by atoms with Gasteiger partial charge in [-0.2, -0.15) is 0 Å². The molecule has 0 saturated carbocycles. The Morgan fingerprint density at radius 1 is 0.640 bits per heavy atom. The van der Waals surface area contributed by atoms with E-state index in [1.165, 1.54) is 0 Å². The molecule has 4 nitrogen and oxygen atoms in total. The third-order valence-electron chi connectivity index (χ3n) is 3.68. The monoisotopic (exact) mass is 342 g/mol. The summed E-state index contributed by atoms with van der Waals surface area (Å²) in [6.45, 7) is 3.82. The van der Waals surface area contributed by atoms with Gasteiger partial charge < -0.3 is 11.6 Å². The summed E-state index contributed by atoms with van der Waals surface area (Å²) in [5.41, 5.74) is 3.20. The molecule has 0 atom stereocenters. The van der Waals surface area contributed by atoms with Crippen molar-refractivity contribution in [1.29, 1.82) is 0 Å². The molecular formula is C20H19N2NaO2. The van der Waals surface area contributed by atoms with Gasteiger partial charge in [-0.05, 0) is 38.1 Å². The van der Waals surface area contributed by atoms with E-state index in [4.69, 9.17) is 0 Å². The molecule has 0 aliphatic heterocycles. The van der Waals surface area contributed by atoms with Crippen LogP contribution in [-0.4, -0.2) is 20.2 Å². The Morgan fingerprint density at radius 2 is 1.04 bits per heavy atom. The van der Waals surface area contributed by atoms with Gasteiger partial charge in [0.15, 0.2) is 0 Å². The van der Waals surface area contributed by atoms with Crippen molar-refractivity contribution in [2.45, 2.75) is 13.8 Å². The quantitative estimate of drug-likeness (QED) is 0.477. The molecule has 0 aliphatic rings. The third kappa shape index (κ3) is 4.48. The average Bonchev–Trinajstić information content (AvgIpc) is 2.57. The smallest absolute Gasteiger partial charge is 1.00 e. The fraction of sp³-hybridized carbons (Fsp3) is 0.100. The van der Waals surface area contributed by atoms with Crippen LogP contribution in [0.1, 0.15) is 12.8 Å². The van der Waals surface area contributed by atoms with E-state index in [9.17, 15) is 10.2 Å². The molecule has 122 valence electrons. The zero-order chi connectivity index (χ0) is 17.1. The number of hydrogen-bond donors (Lipinski definition) is 2. The minimum atomic E-state index is 0. The number of hydrogen-bond acceptors (Lipinski definition) is 4. The fourth-order valence-electron chi connectivity index (χ4n) is 2.46. The Kier molecular flexibility index (Phi) is 6.37. The molecule has 0 unspecified atom stereocenters. The van der Waals surface area contributed by atoms with Gasteiger partial charge in [-0.3, -0.25) is 0 Å². The number of aryl methyl sites for hydroxylation is 2. The summed E-state index contributed by atoms with van der Waals surface area (Å²) in [5, 5.41) is 20.8. The number of para-hydroxylation sites is 2. The molecular weight excluding hydrogens is 323 g/mol. The Labute approximate surface area is 170 Å². The Hall–Kier alpha value is -2.14. The van der Waals surface area contributed by atoms with Crippen LogP contribution in [0.15, 0.2) is 60.7 Å². The number of rotatable bonds is 0. The number of nitrogens with zero attached hydrogens (tertiary/aromatic N) is 2. The second kappa shape index (κ2) is 8.30. The number of fused-ring (bicyclic) bond motifs is 2. The van der Waals surface area contributed by atoms with Gasteiger partial charge in [0.25, 0.3) is 0 Å². The molecule has 4 rings (SSSR count). The van der Waals surface area contributed by atoms with Crippen molar-refractivity contribution in [1.82, 2.24) is 9.97 Å². The van der Waals surface area contributed by atoms with Gasteiger partial charge in [0.05, 0.1) is 0 Å². The molecule has 0 bridgehead atoms. The van der Waals surface area contributed by atoms with Crippen molar-refractivity contribution < 1.29 is 41.2 Å². The van der Waals surface area contributed by atoms with Crippen LogP contribution < -0.4 is 29.6 Å².